The molecule has 0 radical (unpaired) electrons. The molecule has 0 saturated carbocycles. The molecule has 0 spiro atoms. The van der Waals surface area contributed by atoms with Crippen LogP contribution in [0.2, 0.25) is 0 Å². The molecule has 21 heavy (non-hydrogen) atoms. The minimum atomic E-state index is -2.84. The SMILES string of the molecule is C=C/C=C\C(=C/C)P(=O)(c1ccccc1)c1ccccc1. The van der Waals surface area contributed by atoms with Crippen LogP contribution in [0, 0.1) is 0 Å². The fourth-order valence-corrected chi connectivity index (χ4v) is 5.01. The quantitative estimate of drug-likeness (QED) is 0.579. The van der Waals surface area contributed by atoms with E-state index in [0.717, 1.165) is 15.9 Å². The van der Waals surface area contributed by atoms with Crippen molar-refractivity contribution in [3.8, 4) is 0 Å². The lowest BCUT2D eigenvalue weighted by Crippen LogP contribution is -2.16. The first-order chi connectivity index (χ1) is 10.2. The maximum Gasteiger partial charge on any atom is 0.170 e. The molecule has 0 aliphatic heterocycles. The Balaban J connectivity index is 2.69. The van der Waals surface area contributed by atoms with E-state index < -0.39 is 7.14 Å². The molecule has 0 amide bonds. The van der Waals surface area contributed by atoms with Crippen molar-refractivity contribution >= 4 is 17.8 Å². The van der Waals surface area contributed by atoms with Gasteiger partial charge in [0.25, 0.3) is 0 Å². The predicted molar refractivity (Wildman–Crippen MR) is 92.9 cm³/mol. The highest BCUT2D eigenvalue weighted by Crippen LogP contribution is 2.52. The van der Waals surface area contributed by atoms with Crippen LogP contribution in [0.4, 0.5) is 0 Å². The van der Waals surface area contributed by atoms with Crippen LogP contribution in [0.5, 0.6) is 0 Å². The molecule has 0 bridgehead atoms. The van der Waals surface area contributed by atoms with Gasteiger partial charge in [-0.1, -0.05) is 91.5 Å². The molecular formula is C19H19OP. The fourth-order valence-electron chi connectivity index (χ4n) is 2.27. The molecule has 0 atom stereocenters. The van der Waals surface area contributed by atoms with Crippen molar-refractivity contribution in [2.75, 3.05) is 0 Å². The zero-order valence-corrected chi connectivity index (χ0v) is 13.0. The van der Waals surface area contributed by atoms with E-state index in [1.165, 1.54) is 0 Å². The molecule has 2 heteroatoms. The third-order valence-electron chi connectivity index (χ3n) is 3.30. The van der Waals surface area contributed by atoms with Gasteiger partial charge in [-0.3, -0.25) is 0 Å². The van der Waals surface area contributed by atoms with Crippen LogP contribution in [0.1, 0.15) is 6.92 Å². The third-order valence-corrected chi connectivity index (χ3v) is 6.49. The third kappa shape index (κ3) is 3.15. The van der Waals surface area contributed by atoms with Gasteiger partial charge in [0.05, 0.1) is 0 Å². The summed E-state index contributed by atoms with van der Waals surface area (Å²) in [5, 5.41) is 2.51. The molecule has 2 aromatic carbocycles. The number of hydrogen-bond acceptors (Lipinski definition) is 1. The average molecular weight is 294 g/mol. The summed E-state index contributed by atoms with van der Waals surface area (Å²) in [5.41, 5.74) is 0. The Morgan fingerprint density at radius 3 is 1.81 bits per heavy atom. The van der Waals surface area contributed by atoms with E-state index in [-0.39, 0.29) is 0 Å². The van der Waals surface area contributed by atoms with Crippen LogP contribution < -0.4 is 10.6 Å². The maximum absolute atomic E-state index is 13.9. The molecule has 1 nitrogen and oxygen atoms in total. The fraction of sp³-hybridized carbons (Fsp3) is 0.0526. The highest BCUT2D eigenvalue weighted by Gasteiger charge is 2.29. The van der Waals surface area contributed by atoms with Gasteiger partial charge in [0.15, 0.2) is 7.14 Å². The van der Waals surface area contributed by atoms with Gasteiger partial charge >= 0.3 is 0 Å². The molecule has 0 saturated heterocycles. The largest absolute Gasteiger partial charge is 0.309 e. The Bertz CT molecular complexity index is 653. The van der Waals surface area contributed by atoms with Crippen LogP contribution >= 0.6 is 7.14 Å². The van der Waals surface area contributed by atoms with Gasteiger partial charge in [0.1, 0.15) is 0 Å². The van der Waals surface area contributed by atoms with E-state index in [1.807, 2.05) is 85.8 Å². The normalized spacial score (nSPS) is 12.5. The second-order valence-electron chi connectivity index (χ2n) is 4.59. The average Bonchev–Trinajstić information content (AvgIpc) is 2.57. The second-order valence-corrected chi connectivity index (χ2v) is 7.36. The van der Waals surface area contributed by atoms with Crippen molar-refractivity contribution in [1.29, 1.82) is 0 Å². The smallest absolute Gasteiger partial charge is 0.170 e. The summed E-state index contributed by atoms with van der Waals surface area (Å²) in [4.78, 5) is 0. The lowest BCUT2D eigenvalue weighted by molar-refractivity contribution is 0.591. The van der Waals surface area contributed by atoms with E-state index >= 15 is 0 Å². The van der Waals surface area contributed by atoms with Crippen molar-refractivity contribution < 1.29 is 4.57 Å². The highest BCUT2D eigenvalue weighted by molar-refractivity contribution is 7.82. The van der Waals surface area contributed by atoms with Crippen LogP contribution in [-0.4, -0.2) is 0 Å². The lowest BCUT2D eigenvalue weighted by atomic mass is 10.4. The molecule has 0 unspecified atom stereocenters. The molecule has 0 heterocycles. The zero-order chi connectivity index (χ0) is 15.1. The van der Waals surface area contributed by atoms with Crippen LogP contribution in [-0.2, 0) is 4.57 Å². The first-order valence-corrected chi connectivity index (χ1v) is 8.61. The van der Waals surface area contributed by atoms with E-state index in [2.05, 4.69) is 6.58 Å². The zero-order valence-electron chi connectivity index (χ0n) is 12.1. The lowest BCUT2D eigenvalue weighted by Gasteiger charge is -2.20. The minimum absolute atomic E-state index is 0.819. The van der Waals surface area contributed by atoms with Gasteiger partial charge in [-0.25, -0.2) is 0 Å². The summed E-state index contributed by atoms with van der Waals surface area (Å²) in [6.45, 7) is 5.61. The van der Waals surface area contributed by atoms with Gasteiger partial charge in [0, 0.05) is 15.9 Å². The van der Waals surface area contributed by atoms with Crippen molar-refractivity contribution in [1.82, 2.24) is 0 Å². The Kier molecular flexibility index (Phi) is 5.14. The van der Waals surface area contributed by atoms with E-state index in [9.17, 15) is 4.57 Å². The molecular weight excluding hydrogens is 275 g/mol. The molecule has 106 valence electrons. The molecule has 2 rings (SSSR count). The van der Waals surface area contributed by atoms with Gasteiger partial charge in [-0.15, -0.1) is 0 Å². The Morgan fingerprint density at radius 2 is 1.43 bits per heavy atom. The van der Waals surface area contributed by atoms with E-state index in [0.29, 0.717) is 0 Å². The first-order valence-electron chi connectivity index (χ1n) is 6.90. The molecule has 0 aliphatic rings. The summed E-state index contributed by atoms with van der Waals surface area (Å²) in [5.74, 6) is 0. The van der Waals surface area contributed by atoms with Gasteiger partial charge in [-0.05, 0) is 6.92 Å². The highest BCUT2D eigenvalue weighted by atomic mass is 31.2. The molecule has 2 aromatic rings. The van der Waals surface area contributed by atoms with Crippen LogP contribution in [0.3, 0.4) is 0 Å². The number of hydrogen-bond donors (Lipinski definition) is 0. The van der Waals surface area contributed by atoms with Gasteiger partial charge in [-0.2, -0.15) is 0 Å². The maximum atomic E-state index is 13.9. The summed E-state index contributed by atoms with van der Waals surface area (Å²) in [6.07, 6.45) is 7.33. The second kappa shape index (κ2) is 7.06. The van der Waals surface area contributed by atoms with Gasteiger partial charge in [0.2, 0.25) is 0 Å². The summed E-state index contributed by atoms with van der Waals surface area (Å²) in [7, 11) is -2.84. The molecule has 0 aliphatic carbocycles. The van der Waals surface area contributed by atoms with Crippen molar-refractivity contribution in [3.05, 3.63) is 96.9 Å². The monoisotopic (exact) mass is 294 g/mol. The molecule has 0 aromatic heterocycles. The topological polar surface area (TPSA) is 17.1 Å². The first kappa shape index (κ1) is 15.3. The Hall–Kier alpha value is -2.11. The van der Waals surface area contributed by atoms with Crippen LogP contribution in [0.25, 0.3) is 0 Å². The molecule has 0 fully saturated rings. The van der Waals surface area contributed by atoms with Crippen molar-refractivity contribution in [2.45, 2.75) is 6.92 Å². The molecule has 0 N–H and O–H groups in total. The Morgan fingerprint density at radius 1 is 0.952 bits per heavy atom. The predicted octanol–water partition coefficient (Wildman–Crippen LogP) is 4.65. The van der Waals surface area contributed by atoms with E-state index in [1.54, 1.807) is 6.08 Å². The minimum Gasteiger partial charge on any atom is -0.309 e. The number of benzene rings is 2. The van der Waals surface area contributed by atoms with E-state index in [4.69, 9.17) is 0 Å². The standard InChI is InChI=1S/C19H19OP/c1-3-5-12-17(4-2)21(20,18-13-8-6-9-14-18)19-15-10-7-11-16-19/h3-16H,1H2,2H3/b12-5-,17-4+. The number of rotatable bonds is 5. The Labute approximate surface area is 126 Å². The number of allylic oxidation sites excluding steroid dienone is 5. The van der Waals surface area contributed by atoms with Crippen molar-refractivity contribution in [3.63, 3.8) is 0 Å². The summed E-state index contributed by atoms with van der Waals surface area (Å²) >= 11 is 0. The summed E-state index contributed by atoms with van der Waals surface area (Å²) in [6, 6.07) is 19.3. The summed E-state index contributed by atoms with van der Waals surface area (Å²) < 4.78 is 13.9. The van der Waals surface area contributed by atoms with Crippen molar-refractivity contribution in [2.24, 2.45) is 0 Å². The van der Waals surface area contributed by atoms with Crippen LogP contribution in [0.15, 0.2) is 96.9 Å². The van der Waals surface area contributed by atoms with Gasteiger partial charge < -0.3 is 4.57 Å².